The van der Waals surface area contributed by atoms with E-state index in [2.05, 4.69) is 15.6 Å². The molecule has 24 heavy (non-hydrogen) atoms. The van der Waals surface area contributed by atoms with Gasteiger partial charge in [-0.1, -0.05) is 23.8 Å². The number of hydrogen-bond acceptors (Lipinski definition) is 5. The molecule has 0 unspecified atom stereocenters. The Balaban J connectivity index is 1.44. The summed E-state index contributed by atoms with van der Waals surface area (Å²) in [5, 5.41) is 21.9. The molecule has 0 spiro atoms. The monoisotopic (exact) mass is 332 g/mol. The summed E-state index contributed by atoms with van der Waals surface area (Å²) < 4.78 is 20.7. The Morgan fingerprint density at radius 3 is 3.00 bits per heavy atom. The minimum Gasteiger partial charge on any atom is -0.389 e. The van der Waals surface area contributed by atoms with Crippen LogP contribution in [0.25, 0.3) is 11.3 Å². The van der Waals surface area contributed by atoms with Crippen LogP contribution in [0.2, 0.25) is 0 Å². The van der Waals surface area contributed by atoms with Gasteiger partial charge in [0, 0.05) is 11.6 Å². The van der Waals surface area contributed by atoms with Gasteiger partial charge in [-0.2, -0.15) is 0 Å². The summed E-state index contributed by atoms with van der Waals surface area (Å²) in [6.07, 6.45) is 4.69. The van der Waals surface area contributed by atoms with Crippen LogP contribution in [0, 0.1) is 5.82 Å². The first kappa shape index (κ1) is 15.7. The Labute approximate surface area is 139 Å². The van der Waals surface area contributed by atoms with Crippen molar-refractivity contribution in [3.05, 3.63) is 36.3 Å². The lowest BCUT2D eigenvalue weighted by atomic mass is 9.91. The lowest BCUT2D eigenvalue weighted by Gasteiger charge is -2.32. The van der Waals surface area contributed by atoms with Gasteiger partial charge in [-0.25, -0.2) is 9.07 Å². The predicted octanol–water partition coefficient (Wildman–Crippen LogP) is 1.35. The standard InChI is InChI=1S/C17H21FN4O2/c18-12-4-1-3-11(7-12)14-8-22(21-20-14)9-16-17(15(23)10-24-16)19-13-5-2-6-13/h1,3-4,7-8,13,15-17,19,23H,2,5-6,9-10H2/t15-,16+,17+/m0/s1. The van der Waals surface area contributed by atoms with Crippen LogP contribution in [0.15, 0.2) is 30.5 Å². The number of nitrogens with zero attached hydrogens (tertiary/aromatic N) is 3. The summed E-state index contributed by atoms with van der Waals surface area (Å²) in [6.45, 7) is 0.838. The molecular formula is C17H21FN4O2. The molecule has 2 aliphatic rings. The van der Waals surface area contributed by atoms with Gasteiger partial charge in [0.1, 0.15) is 11.5 Å². The molecule has 2 fully saturated rings. The molecule has 7 heteroatoms. The van der Waals surface area contributed by atoms with Crippen molar-refractivity contribution in [2.75, 3.05) is 6.61 Å². The number of aliphatic hydroxyl groups excluding tert-OH is 1. The van der Waals surface area contributed by atoms with Gasteiger partial charge >= 0.3 is 0 Å². The number of benzene rings is 1. The first-order chi connectivity index (χ1) is 11.7. The fraction of sp³-hybridized carbons (Fsp3) is 0.529. The molecule has 1 aromatic carbocycles. The van der Waals surface area contributed by atoms with Crippen LogP contribution in [0.1, 0.15) is 19.3 Å². The zero-order chi connectivity index (χ0) is 16.5. The highest BCUT2D eigenvalue weighted by atomic mass is 19.1. The molecule has 2 heterocycles. The molecule has 2 N–H and O–H groups in total. The van der Waals surface area contributed by atoms with Crippen molar-refractivity contribution in [3.8, 4) is 11.3 Å². The van der Waals surface area contributed by atoms with Gasteiger partial charge in [0.25, 0.3) is 0 Å². The quantitative estimate of drug-likeness (QED) is 0.865. The third-order valence-corrected chi connectivity index (χ3v) is 4.86. The SMILES string of the molecule is O[C@H]1CO[C@H](Cn2cc(-c3cccc(F)c3)nn2)[C@@H]1NC1CCC1. The lowest BCUT2D eigenvalue weighted by Crippen LogP contribution is -2.51. The van der Waals surface area contributed by atoms with E-state index in [0.29, 0.717) is 30.5 Å². The maximum absolute atomic E-state index is 13.3. The van der Waals surface area contributed by atoms with Crippen LogP contribution in [0.5, 0.6) is 0 Å². The summed E-state index contributed by atoms with van der Waals surface area (Å²) in [6, 6.07) is 6.68. The molecule has 4 rings (SSSR count). The molecular weight excluding hydrogens is 311 g/mol. The molecule has 1 aliphatic heterocycles. The lowest BCUT2D eigenvalue weighted by molar-refractivity contribution is 0.0722. The molecule has 0 radical (unpaired) electrons. The van der Waals surface area contributed by atoms with Crippen molar-refractivity contribution in [1.82, 2.24) is 20.3 Å². The number of ether oxygens (including phenoxy) is 1. The van der Waals surface area contributed by atoms with Gasteiger partial charge in [-0.3, -0.25) is 0 Å². The van der Waals surface area contributed by atoms with Gasteiger partial charge < -0.3 is 15.2 Å². The van der Waals surface area contributed by atoms with Crippen LogP contribution in [0.3, 0.4) is 0 Å². The van der Waals surface area contributed by atoms with Crippen LogP contribution in [0.4, 0.5) is 4.39 Å². The second-order valence-corrected chi connectivity index (χ2v) is 6.60. The maximum atomic E-state index is 13.3. The third kappa shape index (κ3) is 3.19. The minimum atomic E-state index is -0.498. The van der Waals surface area contributed by atoms with Gasteiger partial charge in [0.05, 0.1) is 37.6 Å². The summed E-state index contributed by atoms with van der Waals surface area (Å²) in [4.78, 5) is 0. The first-order valence-corrected chi connectivity index (χ1v) is 8.41. The van der Waals surface area contributed by atoms with Crippen molar-refractivity contribution in [2.24, 2.45) is 0 Å². The van der Waals surface area contributed by atoms with Gasteiger partial charge in [0.2, 0.25) is 0 Å². The maximum Gasteiger partial charge on any atom is 0.123 e. The topological polar surface area (TPSA) is 72.2 Å². The Hall–Kier alpha value is -1.83. The van der Waals surface area contributed by atoms with E-state index in [9.17, 15) is 9.50 Å². The Morgan fingerprint density at radius 2 is 2.25 bits per heavy atom. The minimum absolute atomic E-state index is 0.0860. The van der Waals surface area contributed by atoms with E-state index in [4.69, 9.17) is 4.74 Å². The average Bonchev–Trinajstić information content (AvgIpc) is 3.12. The van der Waals surface area contributed by atoms with Crippen molar-refractivity contribution in [2.45, 2.75) is 50.1 Å². The normalized spacial score (nSPS) is 27.3. The molecule has 1 saturated carbocycles. The van der Waals surface area contributed by atoms with E-state index < -0.39 is 6.10 Å². The predicted molar refractivity (Wildman–Crippen MR) is 85.7 cm³/mol. The Kier molecular flexibility index (Phi) is 4.30. The number of rotatable bonds is 5. The van der Waals surface area contributed by atoms with Crippen LogP contribution in [-0.2, 0) is 11.3 Å². The van der Waals surface area contributed by atoms with Crippen LogP contribution >= 0.6 is 0 Å². The van der Waals surface area contributed by atoms with Gasteiger partial charge in [-0.05, 0) is 25.0 Å². The molecule has 1 saturated heterocycles. The smallest absolute Gasteiger partial charge is 0.123 e. The van der Waals surface area contributed by atoms with Crippen molar-refractivity contribution in [1.29, 1.82) is 0 Å². The zero-order valence-corrected chi connectivity index (χ0v) is 13.3. The molecule has 2 aromatic rings. The molecule has 0 amide bonds. The molecule has 1 aliphatic carbocycles. The third-order valence-electron chi connectivity index (χ3n) is 4.86. The second kappa shape index (κ2) is 6.58. The summed E-state index contributed by atoms with van der Waals surface area (Å²) in [5.74, 6) is -0.297. The van der Waals surface area contributed by atoms with E-state index in [0.717, 1.165) is 12.8 Å². The molecule has 1 aromatic heterocycles. The number of hydrogen-bond donors (Lipinski definition) is 2. The highest BCUT2D eigenvalue weighted by Gasteiger charge is 2.38. The number of nitrogens with one attached hydrogen (secondary N) is 1. The highest BCUT2D eigenvalue weighted by molar-refractivity contribution is 5.57. The fourth-order valence-corrected chi connectivity index (χ4v) is 3.26. The Morgan fingerprint density at radius 1 is 1.38 bits per heavy atom. The molecule has 6 nitrogen and oxygen atoms in total. The number of halogens is 1. The van der Waals surface area contributed by atoms with Crippen LogP contribution in [-0.4, -0.2) is 51.0 Å². The highest BCUT2D eigenvalue weighted by Crippen LogP contribution is 2.24. The largest absolute Gasteiger partial charge is 0.389 e. The van der Waals surface area contributed by atoms with Crippen LogP contribution < -0.4 is 5.32 Å². The molecule has 128 valence electrons. The Bertz CT molecular complexity index is 703. The summed E-state index contributed by atoms with van der Waals surface area (Å²) in [5.41, 5.74) is 1.31. The van der Waals surface area contributed by atoms with E-state index >= 15 is 0 Å². The summed E-state index contributed by atoms with van der Waals surface area (Å²) in [7, 11) is 0. The first-order valence-electron chi connectivity index (χ1n) is 8.41. The van der Waals surface area contributed by atoms with Crippen molar-refractivity contribution < 1.29 is 14.2 Å². The zero-order valence-electron chi connectivity index (χ0n) is 13.3. The van der Waals surface area contributed by atoms with Crippen molar-refractivity contribution in [3.63, 3.8) is 0 Å². The number of aliphatic hydroxyl groups is 1. The fourth-order valence-electron chi connectivity index (χ4n) is 3.26. The molecule has 0 bridgehead atoms. The average molecular weight is 332 g/mol. The number of aromatic nitrogens is 3. The molecule has 3 atom stereocenters. The van der Waals surface area contributed by atoms with E-state index in [1.165, 1.54) is 18.6 Å². The summed E-state index contributed by atoms with van der Waals surface area (Å²) >= 11 is 0. The van der Waals surface area contributed by atoms with Gasteiger partial charge in [-0.15, -0.1) is 5.10 Å². The second-order valence-electron chi connectivity index (χ2n) is 6.60. The van der Waals surface area contributed by atoms with E-state index in [1.807, 2.05) is 0 Å². The van der Waals surface area contributed by atoms with Crippen molar-refractivity contribution >= 4 is 0 Å². The van der Waals surface area contributed by atoms with E-state index in [1.54, 1.807) is 23.0 Å². The van der Waals surface area contributed by atoms with Gasteiger partial charge in [0.15, 0.2) is 0 Å². The van der Waals surface area contributed by atoms with E-state index in [-0.39, 0.29) is 18.0 Å².